The van der Waals surface area contributed by atoms with Gasteiger partial charge in [-0.3, -0.25) is 9.80 Å². The van der Waals surface area contributed by atoms with Gasteiger partial charge >= 0.3 is 0 Å². The Balaban J connectivity index is 0.986. The van der Waals surface area contributed by atoms with Crippen LogP contribution in [0.5, 0.6) is 0 Å². The Bertz CT molecular complexity index is 578. The quantitative estimate of drug-likeness (QED) is 0.294. The molecule has 0 aromatic heterocycles. The first-order chi connectivity index (χ1) is 19.3. The van der Waals surface area contributed by atoms with Crippen molar-refractivity contribution in [1.29, 1.82) is 0 Å². The fourth-order valence-corrected chi connectivity index (χ4v) is 12.2. The van der Waals surface area contributed by atoms with Crippen LogP contribution in [0.25, 0.3) is 0 Å². The van der Waals surface area contributed by atoms with E-state index in [0.29, 0.717) is 0 Å². The molecule has 3 heteroatoms. The van der Waals surface area contributed by atoms with Crippen molar-refractivity contribution in [2.45, 2.75) is 227 Å². The molecular weight excluding hydrogens is 492 g/mol. The van der Waals surface area contributed by atoms with Gasteiger partial charge in [-0.15, -0.1) is 0 Å². The van der Waals surface area contributed by atoms with Crippen LogP contribution in [0.15, 0.2) is 0 Å². The zero-order valence-corrected chi connectivity index (χ0v) is 26.5. The Morgan fingerprint density at radius 3 is 0.744 bits per heavy atom. The lowest BCUT2D eigenvalue weighted by molar-refractivity contribution is 0.0218. The van der Waals surface area contributed by atoms with Crippen molar-refractivity contribution < 1.29 is 0 Å². The van der Waals surface area contributed by atoms with E-state index in [2.05, 4.69) is 21.6 Å². The molecule has 0 saturated heterocycles. The van der Waals surface area contributed by atoms with E-state index in [9.17, 15) is 0 Å². The van der Waals surface area contributed by atoms with E-state index in [1.807, 2.05) is 0 Å². The second-order valence-electron chi connectivity index (χ2n) is 15.1. The van der Waals surface area contributed by atoms with E-state index < -0.39 is 0 Å². The van der Waals surface area contributed by atoms with Gasteiger partial charge in [0.05, 0.1) is 0 Å². The second kappa shape index (κ2) is 15.1. The van der Waals surface area contributed by atoms with Crippen LogP contribution in [0.1, 0.15) is 180 Å². The maximum absolute atomic E-state index is 3.18. The van der Waals surface area contributed by atoms with Crippen molar-refractivity contribution in [2.75, 3.05) is 0 Å². The van der Waals surface area contributed by atoms with E-state index in [-0.39, 0.29) is 0 Å². The summed E-state index contributed by atoms with van der Waals surface area (Å²) in [5, 5.41) is 1.94. The maximum atomic E-state index is 3.18. The molecule has 0 radical (unpaired) electrons. The van der Waals surface area contributed by atoms with Gasteiger partial charge in [0.2, 0.25) is 0 Å². The summed E-state index contributed by atoms with van der Waals surface area (Å²) in [5.41, 5.74) is 0. The summed E-state index contributed by atoms with van der Waals surface area (Å²) in [7, 11) is 0. The standard InChI is InChI=1S/C36H64N2S/c1-5-13-29(14-6-1)37(30-15-7-2-8-16-30)33-21-25-35(26-22-33)39-36-27-23-34(24-28-36)38(31-17-9-3-10-18-31)32-19-11-4-12-20-32/h29-36H,1-28H2. The zero-order valence-electron chi connectivity index (χ0n) is 25.7. The SMILES string of the molecule is C1CCC(N(C2CCCCC2)C2CCC(SC3CCC(N(C4CCCCC4)C4CCCCC4)CC3)CC2)CC1. The largest absolute Gasteiger partial charge is 0.294 e. The van der Waals surface area contributed by atoms with Crippen molar-refractivity contribution in [1.82, 2.24) is 9.80 Å². The highest BCUT2D eigenvalue weighted by molar-refractivity contribution is 8.00. The van der Waals surface area contributed by atoms with E-state index in [1.165, 1.54) is 180 Å². The van der Waals surface area contributed by atoms with Gasteiger partial charge < -0.3 is 0 Å². The van der Waals surface area contributed by atoms with E-state index >= 15 is 0 Å². The van der Waals surface area contributed by atoms with Crippen LogP contribution < -0.4 is 0 Å². The van der Waals surface area contributed by atoms with Crippen molar-refractivity contribution in [3.05, 3.63) is 0 Å². The number of nitrogens with zero attached hydrogens (tertiary/aromatic N) is 2. The predicted molar refractivity (Wildman–Crippen MR) is 171 cm³/mol. The van der Waals surface area contributed by atoms with Crippen molar-refractivity contribution in [3.63, 3.8) is 0 Å². The Labute approximate surface area is 247 Å². The first-order valence-corrected chi connectivity index (χ1v) is 19.5. The molecule has 2 nitrogen and oxygen atoms in total. The molecule has 6 fully saturated rings. The first-order valence-electron chi connectivity index (χ1n) is 18.6. The lowest BCUT2D eigenvalue weighted by atomic mass is 9.84. The summed E-state index contributed by atoms with van der Waals surface area (Å²) in [6.45, 7) is 0. The minimum absolute atomic E-state index is 0.920. The van der Waals surface area contributed by atoms with Gasteiger partial charge in [-0.1, -0.05) is 77.0 Å². The van der Waals surface area contributed by atoms with Crippen LogP contribution in [-0.2, 0) is 0 Å². The van der Waals surface area contributed by atoms with Gasteiger partial charge in [0, 0.05) is 46.8 Å². The topological polar surface area (TPSA) is 6.48 Å². The highest BCUT2D eigenvalue weighted by Crippen LogP contribution is 2.43. The summed E-state index contributed by atoms with van der Waals surface area (Å²) in [5.74, 6) is 0. The molecule has 0 atom stereocenters. The minimum Gasteiger partial charge on any atom is -0.294 e. The number of rotatable bonds is 8. The molecule has 0 spiro atoms. The summed E-state index contributed by atoms with van der Waals surface area (Å²) >= 11 is 2.47. The van der Waals surface area contributed by atoms with Gasteiger partial charge in [-0.2, -0.15) is 11.8 Å². The lowest BCUT2D eigenvalue weighted by Crippen LogP contribution is -2.52. The van der Waals surface area contributed by atoms with Crippen LogP contribution in [0.2, 0.25) is 0 Å². The van der Waals surface area contributed by atoms with Crippen molar-refractivity contribution in [2.24, 2.45) is 0 Å². The monoisotopic (exact) mass is 556 g/mol. The van der Waals surface area contributed by atoms with Gasteiger partial charge in [0.1, 0.15) is 0 Å². The second-order valence-corrected chi connectivity index (χ2v) is 16.7. The van der Waals surface area contributed by atoms with Gasteiger partial charge in [0.15, 0.2) is 0 Å². The van der Waals surface area contributed by atoms with Crippen LogP contribution in [0.4, 0.5) is 0 Å². The molecule has 6 aliphatic carbocycles. The highest BCUT2D eigenvalue weighted by atomic mass is 32.2. The Morgan fingerprint density at radius 1 is 0.256 bits per heavy atom. The fourth-order valence-electron chi connectivity index (χ4n) is 10.5. The third kappa shape index (κ3) is 7.81. The third-order valence-electron chi connectivity index (χ3n) is 12.5. The molecule has 0 aromatic carbocycles. The molecule has 0 aromatic rings. The van der Waals surface area contributed by atoms with Crippen LogP contribution in [0.3, 0.4) is 0 Å². The van der Waals surface area contributed by atoms with Gasteiger partial charge in [0.25, 0.3) is 0 Å². The summed E-state index contributed by atoms with van der Waals surface area (Å²) in [4.78, 5) is 6.35. The molecular formula is C36H64N2S. The van der Waals surface area contributed by atoms with E-state index in [1.54, 1.807) is 0 Å². The first kappa shape index (κ1) is 29.3. The molecule has 0 N–H and O–H groups in total. The van der Waals surface area contributed by atoms with Crippen LogP contribution >= 0.6 is 11.8 Å². The number of hydrogen-bond donors (Lipinski definition) is 0. The lowest BCUT2D eigenvalue weighted by Gasteiger charge is -2.49. The van der Waals surface area contributed by atoms with Crippen LogP contribution in [-0.4, -0.2) is 56.6 Å². The van der Waals surface area contributed by atoms with Gasteiger partial charge in [-0.25, -0.2) is 0 Å². The Hall–Kier alpha value is 0.270. The fraction of sp³-hybridized carbons (Fsp3) is 1.00. The molecule has 224 valence electrons. The minimum atomic E-state index is 0.920. The molecule has 6 saturated carbocycles. The predicted octanol–water partition coefficient (Wildman–Crippen LogP) is 10.3. The average molecular weight is 557 g/mol. The molecule has 39 heavy (non-hydrogen) atoms. The molecule has 0 heterocycles. The van der Waals surface area contributed by atoms with E-state index in [0.717, 1.165) is 46.8 Å². The van der Waals surface area contributed by atoms with E-state index in [4.69, 9.17) is 0 Å². The maximum Gasteiger partial charge on any atom is 0.0102 e. The third-order valence-corrected chi connectivity index (χ3v) is 14.2. The molecule has 0 aliphatic heterocycles. The summed E-state index contributed by atoms with van der Waals surface area (Å²) < 4.78 is 0. The average Bonchev–Trinajstić information content (AvgIpc) is 3.01. The Morgan fingerprint density at radius 2 is 0.487 bits per heavy atom. The van der Waals surface area contributed by atoms with Crippen LogP contribution in [0, 0.1) is 0 Å². The smallest absolute Gasteiger partial charge is 0.0102 e. The Kier molecular flexibility index (Phi) is 11.4. The zero-order chi connectivity index (χ0) is 26.3. The number of thioether (sulfide) groups is 1. The molecule has 6 aliphatic rings. The van der Waals surface area contributed by atoms with Crippen molar-refractivity contribution in [3.8, 4) is 0 Å². The van der Waals surface area contributed by atoms with Gasteiger partial charge in [-0.05, 0) is 103 Å². The summed E-state index contributed by atoms with van der Waals surface area (Å²) in [6.07, 6.45) is 42.2. The molecule has 6 rings (SSSR count). The molecule has 0 bridgehead atoms. The van der Waals surface area contributed by atoms with Crippen molar-refractivity contribution >= 4 is 11.8 Å². The molecule has 0 amide bonds. The molecule has 0 unspecified atom stereocenters. The number of hydrogen-bond acceptors (Lipinski definition) is 3. The summed E-state index contributed by atoms with van der Waals surface area (Å²) in [6, 6.07) is 5.57. The normalized spacial score (nSPS) is 35.5. The highest BCUT2D eigenvalue weighted by Gasteiger charge is 2.39.